The van der Waals surface area contributed by atoms with E-state index in [1.54, 1.807) is 55.6 Å². The summed E-state index contributed by atoms with van der Waals surface area (Å²) in [4.78, 5) is 23.9. The first-order chi connectivity index (χ1) is 11.5. The number of anilines is 2. The fraction of sp³-hybridized carbons (Fsp3) is 0.222. The van der Waals surface area contributed by atoms with Gasteiger partial charge in [-0.05, 0) is 50.2 Å². The normalized spacial score (nSPS) is 10.2. The van der Waals surface area contributed by atoms with Crippen molar-refractivity contribution in [2.75, 3.05) is 17.7 Å². The van der Waals surface area contributed by atoms with Crippen molar-refractivity contribution in [2.24, 2.45) is 0 Å². The summed E-state index contributed by atoms with van der Waals surface area (Å²) in [5.41, 5.74) is 1.76. The van der Waals surface area contributed by atoms with Crippen LogP contribution in [-0.2, 0) is 0 Å². The highest BCUT2D eigenvalue weighted by molar-refractivity contribution is 6.00. The second kappa shape index (κ2) is 8.01. The van der Waals surface area contributed by atoms with Crippen molar-refractivity contribution in [3.05, 3.63) is 54.1 Å². The van der Waals surface area contributed by atoms with E-state index in [0.29, 0.717) is 22.7 Å². The van der Waals surface area contributed by atoms with E-state index in [1.807, 2.05) is 13.8 Å². The van der Waals surface area contributed by atoms with Gasteiger partial charge in [0.2, 0.25) is 0 Å². The van der Waals surface area contributed by atoms with Crippen LogP contribution in [0.2, 0.25) is 0 Å². The van der Waals surface area contributed by atoms with Crippen LogP contribution in [0.3, 0.4) is 0 Å². The number of amides is 3. The molecule has 2 rings (SSSR count). The maximum absolute atomic E-state index is 12.0. The molecule has 0 unspecified atom stereocenters. The van der Waals surface area contributed by atoms with Crippen LogP contribution in [0.15, 0.2) is 48.5 Å². The fourth-order valence-electron chi connectivity index (χ4n) is 2.04. The van der Waals surface area contributed by atoms with E-state index in [-0.39, 0.29) is 18.0 Å². The molecule has 0 radical (unpaired) electrons. The van der Waals surface area contributed by atoms with Gasteiger partial charge in [-0.3, -0.25) is 4.79 Å². The summed E-state index contributed by atoms with van der Waals surface area (Å²) in [6.07, 6.45) is 0. The number of rotatable bonds is 5. The average Bonchev–Trinajstić information content (AvgIpc) is 2.55. The molecular formula is C18H21N3O3. The lowest BCUT2D eigenvalue weighted by molar-refractivity contribution is 0.0943. The van der Waals surface area contributed by atoms with Crippen LogP contribution in [0.5, 0.6) is 5.75 Å². The third kappa shape index (κ3) is 5.01. The average molecular weight is 327 g/mol. The van der Waals surface area contributed by atoms with Gasteiger partial charge in [0.1, 0.15) is 5.75 Å². The standard InChI is InChI=1S/C18H21N3O3/c1-12(2)19-17(22)13-7-9-14(10-8-13)20-18(23)21-15-5-4-6-16(11-15)24-3/h4-12H,1-3H3,(H,19,22)(H2,20,21,23). The molecule has 0 aromatic heterocycles. The SMILES string of the molecule is COc1cccc(NC(=O)Nc2ccc(C(=O)NC(C)C)cc2)c1. The molecule has 0 atom stereocenters. The molecule has 0 heterocycles. The van der Waals surface area contributed by atoms with Crippen LogP contribution in [0.1, 0.15) is 24.2 Å². The second-order valence-electron chi connectivity index (χ2n) is 5.52. The van der Waals surface area contributed by atoms with Crippen LogP contribution >= 0.6 is 0 Å². The van der Waals surface area contributed by atoms with E-state index in [9.17, 15) is 9.59 Å². The Hall–Kier alpha value is -3.02. The summed E-state index contributed by atoms with van der Waals surface area (Å²) in [6, 6.07) is 13.5. The minimum absolute atomic E-state index is 0.0731. The largest absolute Gasteiger partial charge is 0.497 e. The molecule has 3 amide bonds. The molecule has 6 heteroatoms. The van der Waals surface area contributed by atoms with E-state index >= 15 is 0 Å². The smallest absolute Gasteiger partial charge is 0.323 e. The molecule has 6 nitrogen and oxygen atoms in total. The van der Waals surface area contributed by atoms with Gasteiger partial charge in [-0.25, -0.2) is 4.79 Å². The van der Waals surface area contributed by atoms with Crippen molar-refractivity contribution in [3.63, 3.8) is 0 Å². The lowest BCUT2D eigenvalue weighted by Crippen LogP contribution is -2.30. The first kappa shape index (κ1) is 17.3. The van der Waals surface area contributed by atoms with Crippen LogP contribution < -0.4 is 20.7 Å². The van der Waals surface area contributed by atoms with Gasteiger partial charge in [0.05, 0.1) is 7.11 Å². The zero-order valence-corrected chi connectivity index (χ0v) is 13.9. The lowest BCUT2D eigenvalue weighted by atomic mass is 10.2. The van der Waals surface area contributed by atoms with E-state index in [1.165, 1.54) is 0 Å². The second-order valence-corrected chi connectivity index (χ2v) is 5.52. The van der Waals surface area contributed by atoms with E-state index in [2.05, 4.69) is 16.0 Å². The number of urea groups is 1. The molecule has 0 aliphatic heterocycles. The van der Waals surface area contributed by atoms with Crippen molar-refractivity contribution in [3.8, 4) is 5.75 Å². The Balaban J connectivity index is 1.95. The zero-order valence-electron chi connectivity index (χ0n) is 13.9. The minimum Gasteiger partial charge on any atom is -0.497 e. The number of benzene rings is 2. The molecule has 0 aliphatic rings. The first-order valence-corrected chi connectivity index (χ1v) is 7.61. The van der Waals surface area contributed by atoms with Crippen molar-refractivity contribution in [1.29, 1.82) is 0 Å². The number of ether oxygens (including phenoxy) is 1. The molecule has 0 fully saturated rings. The Morgan fingerprint density at radius 1 is 0.958 bits per heavy atom. The van der Waals surface area contributed by atoms with Crippen LogP contribution in [0, 0.1) is 0 Å². The van der Waals surface area contributed by atoms with Gasteiger partial charge in [0, 0.05) is 29.0 Å². The Morgan fingerprint density at radius 2 is 1.62 bits per heavy atom. The zero-order chi connectivity index (χ0) is 17.5. The van der Waals surface area contributed by atoms with Crippen molar-refractivity contribution >= 4 is 23.3 Å². The topological polar surface area (TPSA) is 79.5 Å². The van der Waals surface area contributed by atoms with Gasteiger partial charge in [-0.15, -0.1) is 0 Å². The maximum atomic E-state index is 12.0. The predicted octanol–water partition coefficient (Wildman–Crippen LogP) is 3.48. The third-order valence-electron chi connectivity index (χ3n) is 3.15. The van der Waals surface area contributed by atoms with Crippen LogP contribution in [-0.4, -0.2) is 25.1 Å². The maximum Gasteiger partial charge on any atom is 0.323 e. The molecular weight excluding hydrogens is 306 g/mol. The summed E-state index contributed by atoms with van der Waals surface area (Å²) < 4.78 is 5.11. The molecule has 3 N–H and O–H groups in total. The Bertz CT molecular complexity index is 712. The van der Waals surface area contributed by atoms with Crippen molar-refractivity contribution in [1.82, 2.24) is 5.32 Å². The molecule has 2 aromatic carbocycles. The first-order valence-electron chi connectivity index (χ1n) is 7.61. The van der Waals surface area contributed by atoms with Gasteiger partial charge < -0.3 is 20.7 Å². The number of methoxy groups -OCH3 is 1. The Morgan fingerprint density at radius 3 is 2.25 bits per heavy atom. The minimum atomic E-state index is -0.373. The molecule has 0 spiro atoms. The molecule has 0 saturated heterocycles. The summed E-state index contributed by atoms with van der Waals surface area (Å²) >= 11 is 0. The summed E-state index contributed by atoms with van der Waals surface area (Å²) in [5, 5.41) is 8.24. The molecule has 0 saturated carbocycles. The van der Waals surface area contributed by atoms with Gasteiger partial charge in [-0.1, -0.05) is 6.07 Å². The number of nitrogens with one attached hydrogen (secondary N) is 3. The number of carbonyl (C=O) groups is 2. The predicted molar refractivity (Wildman–Crippen MR) is 94.7 cm³/mol. The number of hydrogen-bond acceptors (Lipinski definition) is 3. The molecule has 24 heavy (non-hydrogen) atoms. The Kier molecular flexibility index (Phi) is 5.78. The lowest BCUT2D eigenvalue weighted by Gasteiger charge is -2.10. The van der Waals surface area contributed by atoms with Crippen LogP contribution in [0.4, 0.5) is 16.2 Å². The van der Waals surface area contributed by atoms with Crippen molar-refractivity contribution < 1.29 is 14.3 Å². The van der Waals surface area contributed by atoms with E-state index in [4.69, 9.17) is 4.74 Å². The quantitative estimate of drug-likeness (QED) is 0.786. The summed E-state index contributed by atoms with van der Waals surface area (Å²) in [6.45, 7) is 3.80. The Labute approximate surface area is 141 Å². The number of hydrogen-bond donors (Lipinski definition) is 3. The van der Waals surface area contributed by atoms with Gasteiger partial charge in [-0.2, -0.15) is 0 Å². The molecule has 2 aromatic rings. The highest BCUT2D eigenvalue weighted by atomic mass is 16.5. The summed E-state index contributed by atoms with van der Waals surface area (Å²) in [7, 11) is 1.57. The van der Waals surface area contributed by atoms with Crippen molar-refractivity contribution in [2.45, 2.75) is 19.9 Å². The van der Waals surface area contributed by atoms with Gasteiger partial charge in [0.15, 0.2) is 0 Å². The highest BCUT2D eigenvalue weighted by Gasteiger charge is 2.08. The highest BCUT2D eigenvalue weighted by Crippen LogP contribution is 2.17. The van der Waals surface area contributed by atoms with E-state index < -0.39 is 0 Å². The van der Waals surface area contributed by atoms with E-state index in [0.717, 1.165) is 0 Å². The monoisotopic (exact) mass is 327 g/mol. The fourth-order valence-corrected chi connectivity index (χ4v) is 2.04. The molecule has 126 valence electrons. The third-order valence-corrected chi connectivity index (χ3v) is 3.15. The van der Waals surface area contributed by atoms with Crippen LogP contribution in [0.25, 0.3) is 0 Å². The summed E-state index contributed by atoms with van der Waals surface area (Å²) in [5.74, 6) is 0.519. The molecule has 0 aliphatic carbocycles. The number of carbonyl (C=O) groups excluding carboxylic acids is 2. The van der Waals surface area contributed by atoms with Gasteiger partial charge >= 0.3 is 6.03 Å². The van der Waals surface area contributed by atoms with Gasteiger partial charge in [0.25, 0.3) is 5.91 Å². The molecule has 0 bridgehead atoms.